The van der Waals surface area contributed by atoms with Gasteiger partial charge in [-0.2, -0.15) is 0 Å². The zero-order chi connectivity index (χ0) is 22.9. The highest BCUT2D eigenvalue weighted by Crippen LogP contribution is 2.42. The van der Waals surface area contributed by atoms with Crippen molar-refractivity contribution in [2.24, 2.45) is 5.41 Å². The van der Waals surface area contributed by atoms with Crippen molar-refractivity contribution >= 4 is 37.3 Å². The molecule has 0 aromatic heterocycles. The van der Waals surface area contributed by atoms with E-state index in [9.17, 15) is 21.6 Å². The van der Waals surface area contributed by atoms with Crippen LogP contribution in [0, 0.1) is 5.41 Å². The molecule has 0 atom stereocenters. The molecule has 170 valence electrons. The van der Waals surface area contributed by atoms with Crippen LogP contribution in [0.15, 0.2) is 47.4 Å². The van der Waals surface area contributed by atoms with E-state index in [1.807, 2.05) is 24.3 Å². The largest absolute Gasteiger partial charge is 0.323 e. The van der Waals surface area contributed by atoms with Crippen molar-refractivity contribution in [3.63, 3.8) is 0 Å². The third-order valence-corrected chi connectivity index (χ3v) is 10.1. The summed E-state index contributed by atoms with van der Waals surface area (Å²) in [5, 5.41) is 0.382. The highest BCUT2D eigenvalue weighted by Gasteiger charge is 2.57. The Hall–Kier alpha value is -2.10. The Labute approximate surface area is 192 Å². The van der Waals surface area contributed by atoms with E-state index in [4.69, 9.17) is 11.6 Å². The molecular formula is C22H23ClN2O5S2. The molecular weight excluding hydrogens is 472 g/mol. The summed E-state index contributed by atoms with van der Waals surface area (Å²) < 4.78 is 46.2. The van der Waals surface area contributed by atoms with Gasteiger partial charge in [-0.3, -0.25) is 0 Å². The molecule has 10 heteroatoms. The van der Waals surface area contributed by atoms with Gasteiger partial charge in [-0.25, -0.2) is 21.6 Å². The van der Waals surface area contributed by atoms with Crippen LogP contribution in [0.3, 0.4) is 0 Å². The van der Waals surface area contributed by atoms with Crippen molar-refractivity contribution in [2.75, 3.05) is 43.9 Å². The molecule has 32 heavy (non-hydrogen) atoms. The van der Waals surface area contributed by atoms with E-state index in [0.717, 1.165) is 22.9 Å². The van der Waals surface area contributed by atoms with Gasteiger partial charge in [0.1, 0.15) is 0 Å². The van der Waals surface area contributed by atoms with Gasteiger partial charge in [0.15, 0.2) is 19.7 Å². The molecule has 2 amide bonds. The second kappa shape index (κ2) is 7.20. The SMILES string of the molecule is CS(=O)(=O)c1ccc(-c2ccc(C3CN(C(=O)N4CC5(C4)CS(=O)(=O)C5)C3)cc2)c(Cl)c1. The molecule has 1 spiro atoms. The van der Waals surface area contributed by atoms with Crippen LogP contribution in [-0.4, -0.2) is 76.6 Å². The van der Waals surface area contributed by atoms with E-state index >= 15 is 0 Å². The summed E-state index contributed by atoms with van der Waals surface area (Å²) >= 11 is 6.32. The standard InChI is InChI=1S/C22H23ClN2O5S2/c1-31(27,28)18-6-7-19(20(23)8-18)16-4-2-15(3-5-16)17-9-24(10-17)21(26)25-11-22(12-25)13-32(29,30)14-22/h2-8,17H,9-14H2,1H3. The summed E-state index contributed by atoms with van der Waals surface area (Å²) in [5.41, 5.74) is 2.61. The van der Waals surface area contributed by atoms with Crippen molar-refractivity contribution < 1.29 is 21.6 Å². The van der Waals surface area contributed by atoms with E-state index in [2.05, 4.69) is 0 Å². The molecule has 5 rings (SSSR count). The van der Waals surface area contributed by atoms with Crippen LogP contribution in [-0.2, 0) is 19.7 Å². The molecule has 3 fully saturated rings. The monoisotopic (exact) mass is 494 g/mol. The van der Waals surface area contributed by atoms with E-state index < -0.39 is 19.7 Å². The van der Waals surface area contributed by atoms with Crippen LogP contribution in [0.2, 0.25) is 5.02 Å². The molecule has 0 radical (unpaired) electrons. The lowest BCUT2D eigenvalue weighted by Crippen LogP contribution is -2.71. The first kappa shape index (κ1) is 21.7. The minimum Gasteiger partial charge on any atom is -0.323 e. The van der Waals surface area contributed by atoms with Crippen molar-refractivity contribution in [3.05, 3.63) is 53.1 Å². The van der Waals surface area contributed by atoms with Gasteiger partial charge in [-0.15, -0.1) is 0 Å². The van der Waals surface area contributed by atoms with Gasteiger partial charge in [0.05, 0.1) is 16.4 Å². The van der Waals surface area contributed by atoms with Gasteiger partial charge < -0.3 is 9.80 Å². The normalized spacial score (nSPS) is 21.6. The molecule has 2 aromatic rings. The van der Waals surface area contributed by atoms with Crippen LogP contribution in [0.4, 0.5) is 4.79 Å². The average Bonchev–Trinajstić information content (AvgIpc) is 2.62. The summed E-state index contributed by atoms with van der Waals surface area (Å²) in [6.07, 6.45) is 1.15. The second-order valence-electron chi connectivity index (χ2n) is 9.31. The molecule has 7 nitrogen and oxygen atoms in total. The molecule has 0 saturated carbocycles. The van der Waals surface area contributed by atoms with Crippen LogP contribution in [0.25, 0.3) is 11.1 Å². The van der Waals surface area contributed by atoms with Gasteiger partial charge in [0.25, 0.3) is 0 Å². The predicted octanol–water partition coefficient (Wildman–Crippen LogP) is 2.66. The van der Waals surface area contributed by atoms with E-state index in [1.165, 1.54) is 6.07 Å². The van der Waals surface area contributed by atoms with Crippen molar-refractivity contribution in [1.82, 2.24) is 9.80 Å². The molecule has 0 aliphatic carbocycles. The molecule has 2 aromatic carbocycles. The van der Waals surface area contributed by atoms with E-state index in [-0.39, 0.29) is 33.8 Å². The third-order valence-electron chi connectivity index (χ3n) is 6.59. The minimum absolute atomic E-state index is 0.00876. The van der Waals surface area contributed by atoms with Crippen LogP contribution >= 0.6 is 11.6 Å². The number of nitrogens with zero attached hydrogens (tertiary/aromatic N) is 2. The van der Waals surface area contributed by atoms with Crippen LogP contribution < -0.4 is 0 Å². The Morgan fingerprint density at radius 3 is 2.19 bits per heavy atom. The lowest BCUT2D eigenvalue weighted by atomic mass is 9.83. The number of sulfone groups is 2. The highest BCUT2D eigenvalue weighted by atomic mass is 35.5. The fourth-order valence-corrected chi connectivity index (χ4v) is 8.06. The lowest BCUT2D eigenvalue weighted by Gasteiger charge is -2.56. The van der Waals surface area contributed by atoms with Crippen molar-refractivity contribution in [1.29, 1.82) is 0 Å². The van der Waals surface area contributed by atoms with Gasteiger partial charge in [-0.05, 0) is 23.3 Å². The second-order valence-corrected chi connectivity index (χ2v) is 13.8. The number of urea groups is 1. The highest BCUT2D eigenvalue weighted by molar-refractivity contribution is 7.92. The molecule has 3 aliphatic rings. The number of halogens is 1. The number of likely N-dealkylation sites (tertiary alicyclic amines) is 2. The summed E-state index contributed by atoms with van der Waals surface area (Å²) in [5.74, 6) is 0.676. The maximum atomic E-state index is 12.6. The Bertz CT molecular complexity index is 1300. The van der Waals surface area contributed by atoms with Gasteiger partial charge in [0, 0.05) is 54.4 Å². The fourth-order valence-electron chi connectivity index (χ4n) is 4.91. The minimum atomic E-state index is -3.31. The van der Waals surface area contributed by atoms with Crippen LogP contribution in [0.1, 0.15) is 11.5 Å². The van der Waals surface area contributed by atoms with E-state index in [1.54, 1.807) is 21.9 Å². The molecule has 3 aliphatic heterocycles. The molecule has 0 unspecified atom stereocenters. The van der Waals surface area contributed by atoms with E-state index in [0.29, 0.717) is 31.2 Å². The first-order valence-corrected chi connectivity index (χ1v) is 14.4. The maximum Gasteiger partial charge on any atom is 0.320 e. The number of rotatable bonds is 3. The average molecular weight is 495 g/mol. The smallest absolute Gasteiger partial charge is 0.320 e. The number of carbonyl (C=O) groups is 1. The lowest BCUT2D eigenvalue weighted by molar-refractivity contribution is 0.0243. The third kappa shape index (κ3) is 3.80. The Morgan fingerprint density at radius 2 is 1.66 bits per heavy atom. The molecule has 0 bridgehead atoms. The summed E-state index contributed by atoms with van der Waals surface area (Å²) in [7, 11) is -6.19. The Kier molecular flexibility index (Phi) is 4.89. The Balaban J connectivity index is 1.18. The predicted molar refractivity (Wildman–Crippen MR) is 122 cm³/mol. The van der Waals surface area contributed by atoms with Gasteiger partial charge in [-0.1, -0.05) is 41.9 Å². The van der Waals surface area contributed by atoms with Crippen LogP contribution in [0.5, 0.6) is 0 Å². The molecule has 0 N–H and O–H groups in total. The molecule has 3 heterocycles. The fraction of sp³-hybridized carbons (Fsp3) is 0.409. The maximum absolute atomic E-state index is 12.6. The number of carbonyl (C=O) groups excluding carboxylic acids is 1. The number of hydrogen-bond donors (Lipinski definition) is 0. The quantitative estimate of drug-likeness (QED) is 0.654. The molecule has 3 saturated heterocycles. The summed E-state index contributed by atoms with van der Waals surface area (Å²) in [6.45, 7) is 2.37. The van der Waals surface area contributed by atoms with Crippen molar-refractivity contribution in [3.8, 4) is 11.1 Å². The number of benzene rings is 2. The topological polar surface area (TPSA) is 91.8 Å². The Morgan fingerprint density at radius 1 is 1.03 bits per heavy atom. The zero-order valence-electron chi connectivity index (χ0n) is 17.5. The van der Waals surface area contributed by atoms with Gasteiger partial charge >= 0.3 is 6.03 Å². The van der Waals surface area contributed by atoms with Crippen molar-refractivity contribution in [2.45, 2.75) is 10.8 Å². The first-order chi connectivity index (χ1) is 14.9. The zero-order valence-corrected chi connectivity index (χ0v) is 19.9. The number of amides is 2. The first-order valence-electron chi connectivity index (χ1n) is 10.3. The number of hydrogen-bond acceptors (Lipinski definition) is 5. The summed E-state index contributed by atoms with van der Waals surface area (Å²) in [4.78, 5) is 16.3. The summed E-state index contributed by atoms with van der Waals surface area (Å²) in [6, 6.07) is 12.7. The van der Waals surface area contributed by atoms with Gasteiger partial charge in [0.2, 0.25) is 0 Å².